The Labute approximate surface area is 142 Å². The summed E-state index contributed by atoms with van der Waals surface area (Å²) in [6, 6.07) is 0. The molecule has 4 heterocycles. The van der Waals surface area contributed by atoms with Crippen molar-refractivity contribution in [3.8, 4) is 0 Å². The van der Waals surface area contributed by atoms with Gasteiger partial charge in [0, 0.05) is 13.0 Å². The van der Waals surface area contributed by atoms with Gasteiger partial charge in [0.05, 0.1) is 6.33 Å². The highest BCUT2D eigenvalue weighted by Gasteiger charge is 2.55. The fourth-order valence-electron chi connectivity index (χ4n) is 3.60. The molecule has 1 unspecified atom stereocenters. The standard InChI is InChI=1S/C14H15N7O2.ClH/c1-20-5-16-13-11(20)14(22)21(6-17-13)4-9-18-12(19-23-9)10-7-2-15-3-8(7)10;/h5-8,10,15H,2-4H2,1H3;1H/t7-,8+,10?;. The molecule has 1 aliphatic heterocycles. The van der Waals surface area contributed by atoms with Crippen LogP contribution in [0.2, 0.25) is 0 Å². The van der Waals surface area contributed by atoms with Gasteiger partial charge in [-0.1, -0.05) is 5.16 Å². The Balaban J connectivity index is 0.00000146. The quantitative estimate of drug-likeness (QED) is 0.705. The van der Waals surface area contributed by atoms with Crippen LogP contribution in [-0.4, -0.2) is 42.3 Å². The van der Waals surface area contributed by atoms with E-state index in [1.807, 2.05) is 0 Å². The summed E-state index contributed by atoms with van der Waals surface area (Å²) in [7, 11) is 1.77. The van der Waals surface area contributed by atoms with Crippen LogP contribution in [0.1, 0.15) is 17.6 Å². The highest BCUT2D eigenvalue weighted by molar-refractivity contribution is 5.85. The molecule has 24 heavy (non-hydrogen) atoms. The topological polar surface area (TPSA) is 104 Å². The minimum Gasteiger partial charge on any atom is -0.337 e. The van der Waals surface area contributed by atoms with E-state index in [-0.39, 0.29) is 24.5 Å². The largest absolute Gasteiger partial charge is 0.337 e. The van der Waals surface area contributed by atoms with E-state index in [9.17, 15) is 4.79 Å². The van der Waals surface area contributed by atoms with Gasteiger partial charge in [-0.05, 0) is 24.9 Å². The summed E-state index contributed by atoms with van der Waals surface area (Å²) >= 11 is 0. The molecule has 1 saturated heterocycles. The molecule has 1 aliphatic carbocycles. The number of aromatic nitrogens is 6. The summed E-state index contributed by atoms with van der Waals surface area (Å²) in [5, 5.41) is 7.44. The van der Waals surface area contributed by atoms with E-state index in [2.05, 4.69) is 25.4 Å². The summed E-state index contributed by atoms with van der Waals surface area (Å²) < 4.78 is 8.46. The van der Waals surface area contributed by atoms with Crippen LogP contribution in [0.4, 0.5) is 0 Å². The lowest BCUT2D eigenvalue weighted by atomic mass is 10.3. The molecule has 0 aromatic carbocycles. The Morgan fingerprint density at radius 2 is 2.04 bits per heavy atom. The average molecular weight is 350 g/mol. The van der Waals surface area contributed by atoms with Gasteiger partial charge in [-0.15, -0.1) is 12.4 Å². The molecule has 2 aliphatic rings. The van der Waals surface area contributed by atoms with E-state index in [4.69, 9.17) is 4.52 Å². The summed E-state index contributed by atoms with van der Waals surface area (Å²) in [5.41, 5.74) is 0.746. The van der Waals surface area contributed by atoms with Crippen LogP contribution in [0.3, 0.4) is 0 Å². The summed E-state index contributed by atoms with van der Waals surface area (Å²) in [6.07, 6.45) is 3.05. The van der Waals surface area contributed by atoms with Crippen molar-refractivity contribution in [2.45, 2.75) is 12.5 Å². The molecule has 5 rings (SSSR count). The number of imidazole rings is 1. The van der Waals surface area contributed by atoms with Crippen LogP contribution in [-0.2, 0) is 13.6 Å². The zero-order valence-electron chi connectivity index (χ0n) is 12.9. The Morgan fingerprint density at radius 1 is 1.29 bits per heavy atom. The number of fused-ring (bicyclic) bond motifs is 2. The molecule has 0 amide bonds. The van der Waals surface area contributed by atoms with Gasteiger partial charge in [0.1, 0.15) is 12.9 Å². The molecule has 10 heteroatoms. The van der Waals surface area contributed by atoms with Crippen molar-refractivity contribution in [2.75, 3.05) is 13.1 Å². The normalized spacial score (nSPS) is 24.8. The molecule has 2 fully saturated rings. The number of aryl methyl sites for hydroxylation is 1. The third-order valence-corrected chi connectivity index (χ3v) is 4.88. The summed E-state index contributed by atoms with van der Waals surface area (Å²) in [5.74, 6) is 2.87. The van der Waals surface area contributed by atoms with Crippen molar-refractivity contribution in [2.24, 2.45) is 18.9 Å². The van der Waals surface area contributed by atoms with Gasteiger partial charge >= 0.3 is 0 Å². The van der Waals surface area contributed by atoms with E-state index >= 15 is 0 Å². The third kappa shape index (κ3) is 2.15. The van der Waals surface area contributed by atoms with Crippen molar-refractivity contribution in [3.63, 3.8) is 0 Å². The van der Waals surface area contributed by atoms with Crippen molar-refractivity contribution < 1.29 is 4.52 Å². The van der Waals surface area contributed by atoms with Crippen molar-refractivity contribution in [1.29, 1.82) is 0 Å². The molecule has 0 spiro atoms. The number of piperidine rings is 1. The lowest BCUT2D eigenvalue weighted by molar-refractivity contribution is 0.363. The van der Waals surface area contributed by atoms with E-state index in [0.717, 1.165) is 18.9 Å². The van der Waals surface area contributed by atoms with E-state index in [0.29, 0.717) is 34.8 Å². The second-order valence-corrected chi connectivity index (χ2v) is 6.26. The van der Waals surface area contributed by atoms with Crippen LogP contribution in [0.25, 0.3) is 11.2 Å². The van der Waals surface area contributed by atoms with E-state index in [1.165, 1.54) is 10.9 Å². The molecule has 3 atom stereocenters. The molecule has 1 saturated carbocycles. The van der Waals surface area contributed by atoms with Crippen LogP contribution in [0.15, 0.2) is 22.0 Å². The maximum atomic E-state index is 12.5. The van der Waals surface area contributed by atoms with Gasteiger partial charge in [0.2, 0.25) is 5.89 Å². The minimum absolute atomic E-state index is 0. The highest BCUT2D eigenvalue weighted by atomic mass is 35.5. The SMILES string of the molecule is Cl.Cn1cnc2ncn(Cc3nc(C4[C@H]5CNC[C@@H]45)no3)c(=O)c21. The number of hydrogen-bond donors (Lipinski definition) is 1. The second kappa shape index (κ2) is 5.38. The van der Waals surface area contributed by atoms with Crippen LogP contribution in [0.5, 0.6) is 0 Å². The maximum absolute atomic E-state index is 12.5. The zero-order chi connectivity index (χ0) is 15.6. The third-order valence-electron chi connectivity index (χ3n) is 4.88. The fourth-order valence-corrected chi connectivity index (χ4v) is 3.60. The predicted octanol–water partition coefficient (Wildman–Crippen LogP) is -0.0841. The minimum atomic E-state index is -0.165. The van der Waals surface area contributed by atoms with Gasteiger partial charge in [-0.25, -0.2) is 9.97 Å². The average Bonchev–Trinajstić information content (AvgIpc) is 3.01. The number of nitrogens with zero attached hydrogens (tertiary/aromatic N) is 6. The smallest absolute Gasteiger partial charge is 0.280 e. The van der Waals surface area contributed by atoms with Crippen LogP contribution < -0.4 is 10.9 Å². The van der Waals surface area contributed by atoms with Crippen molar-refractivity contribution >= 4 is 23.6 Å². The summed E-state index contributed by atoms with van der Waals surface area (Å²) in [6.45, 7) is 2.28. The fraction of sp³-hybridized carbons (Fsp3) is 0.500. The van der Waals surface area contributed by atoms with Crippen molar-refractivity contribution in [3.05, 3.63) is 34.7 Å². The first-order valence-electron chi connectivity index (χ1n) is 7.62. The number of hydrogen-bond acceptors (Lipinski definition) is 7. The highest BCUT2D eigenvalue weighted by Crippen LogP contribution is 2.54. The molecule has 126 valence electrons. The van der Waals surface area contributed by atoms with Crippen LogP contribution in [0, 0.1) is 11.8 Å². The first-order valence-corrected chi connectivity index (χ1v) is 7.62. The first kappa shape index (κ1) is 15.3. The van der Waals surface area contributed by atoms with Gasteiger partial charge in [0.15, 0.2) is 17.0 Å². The number of rotatable bonds is 3. The molecular formula is C14H16ClN7O2. The predicted molar refractivity (Wildman–Crippen MR) is 86.0 cm³/mol. The summed E-state index contributed by atoms with van der Waals surface area (Å²) in [4.78, 5) is 25.2. The lowest BCUT2D eigenvalue weighted by Gasteiger charge is -2.01. The van der Waals surface area contributed by atoms with Gasteiger partial charge in [0.25, 0.3) is 5.56 Å². The monoisotopic (exact) mass is 349 g/mol. The zero-order valence-corrected chi connectivity index (χ0v) is 13.7. The van der Waals surface area contributed by atoms with E-state index < -0.39 is 0 Å². The Kier molecular flexibility index (Phi) is 3.43. The van der Waals surface area contributed by atoms with Crippen LogP contribution >= 0.6 is 12.4 Å². The van der Waals surface area contributed by atoms with Gasteiger partial charge < -0.3 is 14.4 Å². The van der Waals surface area contributed by atoms with Gasteiger partial charge in [-0.3, -0.25) is 9.36 Å². The first-order chi connectivity index (χ1) is 11.2. The Morgan fingerprint density at radius 3 is 2.83 bits per heavy atom. The van der Waals surface area contributed by atoms with Gasteiger partial charge in [-0.2, -0.15) is 4.98 Å². The molecular weight excluding hydrogens is 334 g/mol. The molecule has 3 aromatic rings. The maximum Gasteiger partial charge on any atom is 0.280 e. The van der Waals surface area contributed by atoms with E-state index in [1.54, 1.807) is 17.9 Å². The molecule has 1 N–H and O–H groups in total. The lowest BCUT2D eigenvalue weighted by Crippen LogP contribution is -2.22. The molecule has 3 aromatic heterocycles. The Hall–Kier alpha value is -2.26. The second-order valence-electron chi connectivity index (χ2n) is 6.26. The number of halogens is 1. The molecule has 9 nitrogen and oxygen atoms in total. The van der Waals surface area contributed by atoms with Crippen molar-refractivity contribution in [1.82, 2.24) is 34.6 Å². The molecule has 0 radical (unpaired) electrons. The molecule has 0 bridgehead atoms. The Bertz CT molecular complexity index is 952. The number of nitrogens with one attached hydrogen (secondary N) is 1.